The van der Waals surface area contributed by atoms with Gasteiger partial charge in [-0.1, -0.05) is 0 Å². The maximum atomic E-state index is 8.89. The highest BCUT2D eigenvalue weighted by molar-refractivity contribution is 4.78. The van der Waals surface area contributed by atoms with Crippen molar-refractivity contribution in [1.29, 1.82) is 0 Å². The van der Waals surface area contributed by atoms with Crippen molar-refractivity contribution in [2.24, 2.45) is 0 Å². The standard InChI is InChI=1S/C14H27NO3/c16-9-2-5-13-4-1-7-15(13)8-11-17-12-14-6-3-10-18-14/h13-14,16H,1-12H2/t13-,14+/m0/s1. The van der Waals surface area contributed by atoms with E-state index in [1.807, 2.05) is 0 Å². The predicted octanol–water partition coefficient (Wildman–Crippen LogP) is 1.42. The first-order valence-electron chi connectivity index (χ1n) is 7.44. The van der Waals surface area contributed by atoms with Crippen molar-refractivity contribution in [3.8, 4) is 0 Å². The summed E-state index contributed by atoms with van der Waals surface area (Å²) in [6.45, 7) is 5.02. The molecule has 2 saturated heterocycles. The second-order valence-electron chi connectivity index (χ2n) is 5.41. The van der Waals surface area contributed by atoms with Crippen molar-refractivity contribution in [1.82, 2.24) is 4.90 Å². The third-order valence-corrected chi connectivity index (χ3v) is 4.05. The molecule has 0 radical (unpaired) electrons. The second-order valence-corrected chi connectivity index (χ2v) is 5.41. The van der Waals surface area contributed by atoms with E-state index in [1.54, 1.807) is 0 Å². The Morgan fingerprint density at radius 2 is 2.22 bits per heavy atom. The number of likely N-dealkylation sites (tertiary alicyclic amines) is 1. The van der Waals surface area contributed by atoms with Crippen molar-refractivity contribution in [3.05, 3.63) is 0 Å². The van der Waals surface area contributed by atoms with E-state index in [-0.39, 0.29) is 0 Å². The zero-order valence-corrected chi connectivity index (χ0v) is 11.4. The molecule has 2 aliphatic rings. The Hall–Kier alpha value is -0.160. The van der Waals surface area contributed by atoms with Crippen LogP contribution < -0.4 is 0 Å². The third-order valence-electron chi connectivity index (χ3n) is 4.05. The van der Waals surface area contributed by atoms with Gasteiger partial charge < -0.3 is 14.6 Å². The van der Waals surface area contributed by atoms with Gasteiger partial charge in [0.25, 0.3) is 0 Å². The van der Waals surface area contributed by atoms with Crippen LogP contribution in [-0.2, 0) is 9.47 Å². The molecule has 0 aliphatic carbocycles. The molecule has 4 heteroatoms. The summed E-state index contributed by atoms with van der Waals surface area (Å²) in [5, 5.41) is 8.89. The molecular formula is C14H27NO3. The summed E-state index contributed by atoms with van der Waals surface area (Å²) >= 11 is 0. The fourth-order valence-corrected chi connectivity index (χ4v) is 3.02. The number of aliphatic hydroxyl groups excluding tert-OH is 1. The molecule has 2 heterocycles. The van der Waals surface area contributed by atoms with Crippen LogP contribution in [0.4, 0.5) is 0 Å². The maximum Gasteiger partial charge on any atom is 0.0809 e. The van der Waals surface area contributed by atoms with E-state index < -0.39 is 0 Å². The van der Waals surface area contributed by atoms with Crippen LogP contribution in [0.5, 0.6) is 0 Å². The van der Waals surface area contributed by atoms with Gasteiger partial charge in [0.2, 0.25) is 0 Å². The van der Waals surface area contributed by atoms with E-state index in [1.165, 1.54) is 25.8 Å². The lowest BCUT2D eigenvalue weighted by Gasteiger charge is -2.24. The fraction of sp³-hybridized carbons (Fsp3) is 1.00. The zero-order chi connectivity index (χ0) is 12.6. The van der Waals surface area contributed by atoms with Crippen LogP contribution in [0.1, 0.15) is 38.5 Å². The average molecular weight is 257 g/mol. The van der Waals surface area contributed by atoms with Gasteiger partial charge >= 0.3 is 0 Å². The van der Waals surface area contributed by atoms with Crippen LogP contribution >= 0.6 is 0 Å². The first-order valence-corrected chi connectivity index (χ1v) is 7.44. The lowest BCUT2D eigenvalue weighted by Crippen LogP contribution is -2.33. The lowest BCUT2D eigenvalue weighted by atomic mass is 10.1. The number of aliphatic hydroxyl groups is 1. The van der Waals surface area contributed by atoms with Crippen molar-refractivity contribution in [3.63, 3.8) is 0 Å². The van der Waals surface area contributed by atoms with Gasteiger partial charge in [0.1, 0.15) is 0 Å². The van der Waals surface area contributed by atoms with Crippen LogP contribution in [0.2, 0.25) is 0 Å². The summed E-state index contributed by atoms with van der Waals surface area (Å²) < 4.78 is 11.2. The molecule has 0 bridgehead atoms. The van der Waals surface area contributed by atoms with Gasteiger partial charge in [0.15, 0.2) is 0 Å². The summed E-state index contributed by atoms with van der Waals surface area (Å²) in [6.07, 6.45) is 7.31. The van der Waals surface area contributed by atoms with Gasteiger partial charge in [0, 0.05) is 25.8 Å². The highest BCUT2D eigenvalue weighted by Gasteiger charge is 2.23. The van der Waals surface area contributed by atoms with Crippen molar-refractivity contribution in [2.75, 3.05) is 39.5 Å². The lowest BCUT2D eigenvalue weighted by molar-refractivity contribution is 0.00917. The molecule has 0 aromatic heterocycles. The Kier molecular flexibility index (Phi) is 6.41. The van der Waals surface area contributed by atoms with Gasteiger partial charge in [-0.3, -0.25) is 4.90 Å². The molecular weight excluding hydrogens is 230 g/mol. The van der Waals surface area contributed by atoms with Gasteiger partial charge in [-0.25, -0.2) is 0 Å². The Morgan fingerprint density at radius 3 is 3.00 bits per heavy atom. The van der Waals surface area contributed by atoms with Crippen LogP contribution in [0, 0.1) is 0 Å². The second kappa shape index (κ2) is 8.10. The third kappa shape index (κ3) is 4.50. The minimum absolute atomic E-state index is 0.319. The van der Waals surface area contributed by atoms with E-state index in [0.717, 1.165) is 45.6 Å². The molecule has 0 spiro atoms. The van der Waals surface area contributed by atoms with Gasteiger partial charge in [0.05, 0.1) is 19.3 Å². The smallest absolute Gasteiger partial charge is 0.0809 e. The van der Waals surface area contributed by atoms with Crippen molar-refractivity contribution < 1.29 is 14.6 Å². The van der Waals surface area contributed by atoms with Crippen molar-refractivity contribution in [2.45, 2.75) is 50.7 Å². The van der Waals surface area contributed by atoms with E-state index in [4.69, 9.17) is 14.6 Å². The highest BCUT2D eigenvalue weighted by Crippen LogP contribution is 2.20. The first kappa shape index (κ1) is 14.3. The SMILES string of the molecule is OCCC[C@@H]1CCCN1CCOC[C@H]1CCCO1. The summed E-state index contributed by atoms with van der Waals surface area (Å²) in [5.74, 6) is 0. The quantitative estimate of drug-likeness (QED) is 0.668. The van der Waals surface area contributed by atoms with Crippen molar-refractivity contribution >= 4 is 0 Å². The Labute approximate surface area is 110 Å². The van der Waals surface area contributed by atoms with E-state index in [9.17, 15) is 0 Å². The zero-order valence-electron chi connectivity index (χ0n) is 11.4. The van der Waals surface area contributed by atoms with Crippen LogP contribution in [0.3, 0.4) is 0 Å². The molecule has 2 rings (SSSR count). The molecule has 1 N–H and O–H groups in total. The summed E-state index contributed by atoms with van der Waals surface area (Å²) in [6, 6.07) is 0.670. The Balaban J connectivity index is 1.54. The molecule has 2 atom stereocenters. The van der Waals surface area contributed by atoms with Crippen LogP contribution in [-0.4, -0.2) is 61.7 Å². The largest absolute Gasteiger partial charge is 0.396 e. The van der Waals surface area contributed by atoms with Crippen LogP contribution in [0.15, 0.2) is 0 Å². The van der Waals surface area contributed by atoms with E-state index >= 15 is 0 Å². The van der Waals surface area contributed by atoms with Gasteiger partial charge in [-0.05, 0) is 45.1 Å². The number of nitrogens with zero attached hydrogens (tertiary/aromatic N) is 1. The number of hydrogen-bond acceptors (Lipinski definition) is 4. The molecule has 0 aromatic carbocycles. The molecule has 0 aromatic rings. The topological polar surface area (TPSA) is 41.9 Å². The monoisotopic (exact) mass is 257 g/mol. The van der Waals surface area contributed by atoms with E-state index in [2.05, 4.69) is 4.90 Å². The molecule has 4 nitrogen and oxygen atoms in total. The predicted molar refractivity (Wildman–Crippen MR) is 70.7 cm³/mol. The normalized spacial score (nSPS) is 29.2. The summed E-state index contributed by atoms with van der Waals surface area (Å²) in [4.78, 5) is 2.52. The summed E-state index contributed by atoms with van der Waals surface area (Å²) in [5.41, 5.74) is 0. The maximum absolute atomic E-state index is 8.89. The van der Waals surface area contributed by atoms with Gasteiger partial charge in [-0.15, -0.1) is 0 Å². The molecule has 2 aliphatic heterocycles. The molecule has 18 heavy (non-hydrogen) atoms. The minimum atomic E-state index is 0.319. The molecule has 0 unspecified atom stereocenters. The molecule has 106 valence electrons. The van der Waals surface area contributed by atoms with E-state index in [0.29, 0.717) is 18.8 Å². The average Bonchev–Trinajstić information content (AvgIpc) is 3.03. The molecule has 0 saturated carbocycles. The van der Waals surface area contributed by atoms with Crippen LogP contribution in [0.25, 0.3) is 0 Å². The Bertz CT molecular complexity index is 219. The highest BCUT2D eigenvalue weighted by atomic mass is 16.5. The number of rotatable bonds is 8. The first-order chi connectivity index (χ1) is 8.90. The summed E-state index contributed by atoms with van der Waals surface area (Å²) in [7, 11) is 0. The number of hydrogen-bond donors (Lipinski definition) is 1. The molecule has 0 amide bonds. The fourth-order valence-electron chi connectivity index (χ4n) is 3.02. The molecule has 2 fully saturated rings. The Morgan fingerprint density at radius 1 is 1.28 bits per heavy atom. The number of ether oxygens (including phenoxy) is 2. The van der Waals surface area contributed by atoms with Gasteiger partial charge in [-0.2, -0.15) is 0 Å². The minimum Gasteiger partial charge on any atom is -0.396 e.